The Morgan fingerprint density at radius 3 is 1.52 bits per heavy atom. The molecule has 2 rings (SSSR count). The first kappa shape index (κ1) is 19.4. The van der Waals surface area contributed by atoms with Gasteiger partial charge < -0.3 is 0 Å². The van der Waals surface area contributed by atoms with Gasteiger partial charge in [0.05, 0.1) is 11.5 Å². The lowest BCUT2D eigenvalue weighted by Crippen LogP contribution is -2.11. The molecule has 10 heteroatoms. The van der Waals surface area contributed by atoms with Crippen LogP contribution in [0.3, 0.4) is 0 Å². The first-order valence-corrected chi connectivity index (χ1v) is 10.6. The Balaban J connectivity index is 2.23. The molecule has 8 nitrogen and oxygen atoms in total. The Morgan fingerprint density at radius 1 is 0.760 bits per heavy atom. The quantitative estimate of drug-likeness (QED) is 0.640. The van der Waals surface area contributed by atoms with Crippen LogP contribution in [0.15, 0.2) is 36.7 Å². The number of aryl methyl sites for hydroxylation is 2. The van der Waals surface area contributed by atoms with Gasteiger partial charge in [0.25, 0.3) is 20.2 Å². The van der Waals surface area contributed by atoms with E-state index >= 15 is 0 Å². The molecule has 25 heavy (non-hydrogen) atoms. The largest absolute Gasteiger partial charge is 0.286 e. The molecule has 2 N–H and O–H groups in total. The summed E-state index contributed by atoms with van der Waals surface area (Å²) in [7, 11) is -8.18. The summed E-state index contributed by atoms with van der Waals surface area (Å²) in [6.07, 6.45) is 3.57. The Bertz CT molecular complexity index is 864. The highest BCUT2D eigenvalue weighted by atomic mass is 32.2. The zero-order chi connectivity index (χ0) is 18.5. The predicted molar refractivity (Wildman–Crippen MR) is 91.5 cm³/mol. The van der Waals surface area contributed by atoms with E-state index in [-0.39, 0.29) is 12.8 Å². The number of pyridine rings is 2. The molecule has 0 amide bonds. The third kappa shape index (κ3) is 6.86. The van der Waals surface area contributed by atoms with E-state index in [1.807, 2.05) is 0 Å². The minimum Gasteiger partial charge on any atom is -0.286 e. The van der Waals surface area contributed by atoms with Gasteiger partial charge in [0.15, 0.2) is 0 Å². The summed E-state index contributed by atoms with van der Waals surface area (Å²) in [5, 5.41) is 0. The van der Waals surface area contributed by atoms with Gasteiger partial charge >= 0.3 is 0 Å². The summed E-state index contributed by atoms with van der Waals surface area (Å²) in [4.78, 5) is 8.32. The maximum atomic E-state index is 10.9. The Labute approximate surface area is 146 Å². The van der Waals surface area contributed by atoms with Crippen molar-refractivity contribution in [3.63, 3.8) is 0 Å². The van der Waals surface area contributed by atoms with E-state index < -0.39 is 31.7 Å². The van der Waals surface area contributed by atoms with E-state index in [4.69, 9.17) is 9.11 Å². The molecule has 2 heterocycles. The first-order valence-electron chi connectivity index (χ1n) is 7.40. The predicted octanol–water partition coefficient (Wildman–Crippen LogP) is 0.928. The molecule has 2 aromatic rings. The highest BCUT2D eigenvalue weighted by molar-refractivity contribution is 7.86. The molecule has 0 aliphatic carbocycles. The summed E-state index contributed by atoms with van der Waals surface area (Å²) in [5.41, 5.74) is 2.58. The zero-order valence-corrected chi connectivity index (χ0v) is 14.9. The van der Waals surface area contributed by atoms with Crippen LogP contribution < -0.4 is 0 Å². The monoisotopic (exact) mass is 386 g/mol. The maximum Gasteiger partial charge on any atom is 0.265 e. The summed E-state index contributed by atoms with van der Waals surface area (Å²) in [6, 6.07) is 6.98. The maximum absolute atomic E-state index is 10.9. The molecule has 0 spiro atoms. The Hall–Kier alpha value is -1.88. The molecule has 0 atom stereocenters. The molecule has 136 valence electrons. The van der Waals surface area contributed by atoms with Crippen molar-refractivity contribution in [2.75, 3.05) is 11.5 Å². The zero-order valence-electron chi connectivity index (χ0n) is 13.2. The van der Waals surface area contributed by atoms with E-state index in [1.165, 1.54) is 12.4 Å². The molecule has 0 bridgehead atoms. The van der Waals surface area contributed by atoms with Crippen molar-refractivity contribution in [2.24, 2.45) is 0 Å². The normalized spacial score (nSPS) is 12.2. The topological polar surface area (TPSA) is 135 Å². The van der Waals surface area contributed by atoms with Gasteiger partial charge in [-0.1, -0.05) is 12.1 Å². The molecule has 2 aromatic heterocycles. The fraction of sp³-hybridized carbons (Fsp3) is 0.333. The van der Waals surface area contributed by atoms with Gasteiger partial charge in [0.2, 0.25) is 0 Å². The van der Waals surface area contributed by atoms with Crippen molar-refractivity contribution in [1.82, 2.24) is 9.97 Å². The number of rotatable bonds is 8. The first-order chi connectivity index (χ1) is 11.6. The molecule has 0 saturated heterocycles. The Morgan fingerprint density at radius 2 is 1.16 bits per heavy atom. The SMILES string of the molecule is O=S(=O)(O)CCc1ncccc1Cc1cccnc1CCS(=O)(=O)O. The lowest BCUT2D eigenvalue weighted by Gasteiger charge is -2.11. The van der Waals surface area contributed by atoms with E-state index in [2.05, 4.69) is 9.97 Å². The molecular formula is C15H18N2O6S2. The van der Waals surface area contributed by atoms with Crippen LogP contribution in [0.5, 0.6) is 0 Å². The van der Waals surface area contributed by atoms with Crippen molar-refractivity contribution < 1.29 is 25.9 Å². The summed E-state index contributed by atoms with van der Waals surface area (Å²) < 4.78 is 61.6. The van der Waals surface area contributed by atoms with Gasteiger partial charge in [-0.25, -0.2) is 0 Å². The lowest BCUT2D eigenvalue weighted by molar-refractivity contribution is 0.480. The van der Waals surface area contributed by atoms with Gasteiger partial charge in [-0.2, -0.15) is 16.8 Å². The third-order valence-corrected chi connectivity index (χ3v) is 4.98. The molecule has 0 radical (unpaired) electrons. The minimum atomic E-state index is -4.09. The highest BCUT2D eigenvalue weighted by Crippen LogP contribution is 2.16. The molecule has 0 aromatic carbocycles. The highest BCUT2D eigenvalue weighted by Gasteiger charge is 2.13. The number of hydrogen-bond donors (Lipinski definition) is 2. The van der Waals surface area contributed by atoms with E-state index in [9.17, 15) is 16.8 Å². The molecule has 0 unspecified atom stereocenters. The van der Waals surface area contributed by atoms with Crippen LogP contribution in [0, 0.1) is 0 Å². The standard InChI is InChI=1S/C15H18N2O6S2/c18-24(19,20)9-5-14-12(3-1-7-16-14)11-13-4-2-8-17-15(13)6-10-25(21,22)23/h1-4,7-8H,5-6,9-11H2,(H,18,19,20)(H,21,22,23). The van der Waals surface area contributed by atoms with Gasteiger partial charge in [-0.15, -0.1) is 0 Å². The second-order valence-corrected chi connectivity index (χ2v) is 8.61. The van der Waals surface area contributed by atoms with Crippen molar-refractivity contribution in [2.45, 2.75) is 19.3 Å². The van der Waals surface area contributed by atoms with Gasteiger partial charge in [0.1, 0.15) is 0 Å². The van der Waals surface area contributed by atoms with E-state index in [1.54, 1.807) is 24.3 Å². The van der Waals surface area contributed by atoms with Crippen LogP contribution in [-0.4, -0.2) is 47.4 Å². The lowest BCUT2D eigenvalue weighted by atomic mass is 10.0. The van der Waals surface area contributed by atoms with Crippen LogP contribution in [0.4, 0.5) is 0 Å². The van der Waals surface area contributed by atoms with Crippen LogP contribution >= 0.6 is 0 Å². The van der Waals surface area contributed by atoms with Crippen molar-refractivity contribution in [1.29, 1.82) is 0 Å². The summed E-state index contributed by atoms with van der Waals surface area (Å²) in [6.45, 7) is 0. The summed E-state index contributed by atoms with van der Waals surface area (Å²) in [5.74, 6) is -0.862. The van der Waals surface area contributed by atoms with E-state index in [0.29, 0.717) is 17.8 Å². The number of aromatic nitrogens is 2. The van der Waals surface area contributed by atoms with Gasteiger partial charge in [-0.05, 0) is 23.3 Å². The van der Waals surface area contributed by atoms with E-state index in [0.717, 1.165) is 11.1 Å². The Kier molecular flexibility index (Phi) is 6.22. The fourth-order valence-corrected chi connectivity index (χ4v) is 3.27. The van der Waals surface area contributed by atoms with Crippen molar-refractivity contribution >= 4 is 20.2 Å². The molecule has 0 fully saturated rings. The fourth-order valence-electron chi connectivity index (χ4n) is 2.37. The number of hydrogen-bond acceptors (Lipinski definition) is 6. The van der Waals surface area contributed by atoms with Crippen molar-refractivity contribution in [3.05, 3.63) is 59.2 Å². The van der Waals surface area contributed by atoms with Gasteiger partial charge in [-0.3, -0.25) is 19.1 Å². The average Bonchev–Trinajstić information content (AvgIpc) is 2.52. The van der Waals surface area contributed by atoms with Gasteiger partial charge in [0, 0.05) is 43.0 Å². The van der Waals surface area contributed by atoms with Crippen LogP contribution in [-0.2, 0) is 39.5 Å². The molecule has 0 saturated carbocycles. The van der Waals surface area contributed by atoms with Crippen molar-refractivity contribution in [3.8, 4) is 0 Å². The van der Waals surface area contributed by atoms with Crippen LogP contribution in [0.1, 0.15) is 22.5 Å². The third-order valence-electron chi connectivity index (χ3n) is 3.54. The number of nitrogens with zero attached hydrogens (tertiary/aromatic N) is 2. The second-order valence-electron chi connectivity index (χ2n) is 5.47. The average molecular weight is 386 g/mol. The molecular weight excluding hydrogens is 368 g/mol. The molecule has 0 aliphatic rings. The minimum absolute atomic E-state index is 0.0651. The second kappa shape index (κ2) is 8.00. The van der Waals surface area contributed by atoms with Crippen LogP contribution in [0.2, 0.25) is 0 Å². The molecule has 0 aliphatic heterocycles. The smallest absolute Gasteiger partial charge is 0.265 e. The van der Waals surface area contributed by atoms with Crippen LogP contribution in [0.25, 0.3) is 0 Å². The summed E-state index contributed by atoms with van der Waals surface area (Å²) >= 11 is 0.